The van der Waals surface area contributed by atoms with Crippen LogP contribution < -0.4 is 4.74 Å². The van der Waals surface area contributed by atoms with Crippen molar-refractivity contribution in [3.8, 4) is 5.75 Å². The van der Waals surface area contributed by atoms with Crippen molar-refractivity contribution in [1.82, 2.24) is 4.98 Å². The molecule has 0 aliphatic heterocycles. The van der Waals surface area contributed by atoms with Gasteiger partial charge in [0.05, 0.1) is 0 Å². The Morgan fingerprint density at radius 1 is 1.05 bits per heavy atom. The maximum absolute atomic E-state index is 13.5. The number of pyridine rings is 1. The number of carboxylic acids is 1. The van der Waals surface area contributed by atoms with E-state index in [4.69, 9.17) is 4.74 Å². The molecule has 5 nitrogen and oxygen atoms in total. The first-order chi connectivity index (χ1) is 19.6. The van der Waals surface area contributed by atoms with Gasteiger partial charge >= 0.3 is 228 Å². The number of thiophene rings is 1. The number of carbonyl (C=O) groups excluding carboxylic acids is 1. The number of carboxylic acid groups (broad SMARTS) is 1. The molecule has 8 heteroatoms. The van der Waals surface area contributed by atoms with Crippen LogP contribution >= 0.6 is 27.3 Å². The first-order valence-corrected chi connectivity index (χ1v) is 19.2. The van der Waals surface area contributed by atoms with Gasteiger partial charge in [0.15, 0.2) is 0 Å². The van der Waals surface area contributed by atoms with Crippen LogP contribution in [0, 0.1) is 5.92 Å². The van der Waals surface area contributed by atoms with Gasteiger partial charge in [0.1, 0.15) is 0 Å². The molecule has 1 N–H and O–H groups in total. The number of halogens is 1. The molecule has 0 bridgehead atoms. The number of rotatable bonds is 10. The van der Waals surface area contributed by atoms with Crippen LogP contribution in [0.25, 0.3) is 10.8 Å². The molecule has 1 fully saturated rings. The topological polar surface area (TPSA) is 76.5 Å². The zero-order valence-corrected chi connectivity index (χ0v) is 27.9. The SMILES string of the molecule is CC(C)(C)c1ccc(OC(c2ccc3cc(C(=O)[As](CC(=O)O)Cc4ccc(Br)s4)ncc3c2)C2CCCC2)cc1. The number of fused-ring (bicyclic) bond motifs is 1. The molecule has 0 amide bonds. The molecule has 5 rings (SSSR count). The Morgan fingerprint density at radius 3 is 2.41 bits per heavy atom. The summed E-state index contributed by atoms with van der Waals surface area (Å²) in [6.07, 6.45) is 6.43. The first-order valence-electron chi connectivity index (χ1n) is 14.0. The maximum atomic E-state index is 13.5. The number of carbonyl (C=O) groups is 2. The second-order valence-electron chi connectivity index (χ2n) is 11.8. The quantitative estimate of drug-likeness (QED) is 0.168. The molecule has 2 aromatic heterocycles. The van der Waals surface area contributed by atoms with Gasteiger partial charge in [0, 0.05) is 0 Å². The summed E-state index contributed by atoms with van der Waals surface area (Å²) in [6.45, 7) is 6.64. The van der Waals surface area contributed by atoms with E-state index >= 15 is 0 Å². The van der Waals surface area contributed by atoms with E-state index in [-0.39, 0.29) is 21.3 Å². The molecule has 1 aliphatic carbocycles. The Bertz CT molecular complexity index is 1540. The first kappa shape index (κ1) is 30.0. The minimum atomic E-state index is -2.42. The second kappa shape index (κ2) is 12.8. The Hall–Kier alpha value is -2.47. The van der Waals surface area contributed by atoms with Crippen molar-refractivity contribution < 1.29 is 19.4 Å². The number of aromatic nitrogens is 1. The molecule has 2 aromatic carbocycles. The summed E-state index contributed by atoms with van der Waals surface area (Å²) < 4.78 is 7.54. The Labute approximate surface area is 258 Å². The third-order valence-electron chi connectivity index (χ3n) is 7.69. The molecule has 4 aromatic rings. The van der Waals surface area contributed by atoms with Gasteiger partial charge in [-0.2, -0.15) is 0 Å². The summed E-state index contributed by atoms with van der Waals surface area (Å²) in [5.41, 5.74) is 2.85. The summed E-state index contributed by atoms with van der Waals surface area (Å²) >= 11 is 2.59. The number of hydrogen-bond donors (Lipinski definition) is 1. The molecule has 0 spiro atoms. The zero-order chi connectivity index (χ0) is 29.1. The van der Waals surface area contributed by atoms with Crippen molar-refractivity contribution in [3.63, 3.8) is 0 Å². The Balaban J connectivity index is 1.40. The molecule has 1 saturated carbocycles. The average Bonchev–Trinajstić information content (AvgIpc) is 3.62. The van der Waals surface area contributed by atoms with Gasteiger partial charge in [-0.15, -0.1) is 0 Å². The molecule has 2 unspecified atom stereocenters. The summed E-state index contributed by atoms with van der Waals surface area (Å²) in [4.78, 5) is 30.7. The van der Waals surface area contributed by atoms with Crippen molar-refractivity contribution in [2.24, 2.45) is 5.92 Å². The fraction of sp³-hybridized carbons (Fsp3) is 0.364. The molecular formula is C33H35AsBrNO4S. The number of aliphatic carboxylic acids is 1. The number of nitrogens with zero attached hydrogens (tertiary/aromatic N) is 1. The summed E-state index contributed by atoms with van der Waals surface area (Å²) in [7, 11) is 0. The molecule has 214 valence electrons. The molecule has 1 aliphatic rings. The normalized spacial score (nSPS) is 15.6. The third kappa shape index (κ3) is 7.49. The van der Waals surface area contributed by atoms with Crippen LogP contribution in [0.15, 0.2) is 70.6 Å². The van der Waals surface area contributed by atoms with Crippen LogP contribution in [0.5, 0.6) is 5.75 Å². The van der Waals surface area contributed by atoms with Crippen LogP contribution in [0.2, 0.25) is 5.21 Å². The summed E-state index contributed by atoms with van der Waals surface area (Å²) in [5.74, 6) is 0.399. The predicted molar refractivity (Wildman–Crippen MR) is 170 cm³/mol. The standard InChI is InChI=1S/C33H35AsBrNO4S/c1-33(2,3)25-10-12-26(13-11-25)40-31(21-6-4-5-7-21)23-9-8-22-17-28(36-20-24(22)16-23)32(39)34(19-30(37)38)18-27-14-15-29(35)41-27/h8-17,20-21,31H,4-7,18-19H2,1-3H3,(H,37,38). The summed E-state index contributed by atoms with van der Waals surface area (Å²) in [6, 6.07) is 20.5. The fourth-order valence-electron chi connectivity index (χ4n) is 5.48. The number of ether oxygens (including phenoxy) is 1. The molecule has 0 saturated heterocycles. The molecule has 2 heterocycles. The van der Waals surface area contributed by atoms with Crippen LogP contribution in [0.1, 0.15) is 79.1 Å². The van der Waals surface area contributed by atoms with E-state index in [1.54, 1.807) is 17.5 Å². The summed E-state index contributed by atoms with van der Waals surface area (Å²) in [5, 5.41) is 11.8. The van der Waals surface area contributed by atoms with Gasteiger partial charge in [-0.05, 0) is 11.0 Å². The van der Waals surface area contributed by atoms with Gasteiger partial charge in [0.2, 0.25) is 0 Å². The van der Waals surface area contributed by atoms with Crippen LogP contribution in [0.4, 0.5) is 0 Å². The minimum absolute atomic E-state index is 0.0541. The van der Waals surface area contributed by atoms with Gasteiger partial charge in [-0.3, -0.25) is 0 Å². The number of hydrogen-bond acceptors (Lipinski definition) is 5. The van der Waals surface area contributed by atoms with E-state index < -0.39 is 20.6 Å². The molecule has 0 radical (unpaired) electrons. The van der Waals surface area contributed by atoms with Gasteiger partial charge < -0.3 is 0 Å². The average molecular weight is 697 g/mol. The van der Waals surface area contributed by atoms with Crippen molar-refractivity contribution in [3.05, 3.63) is 92.3 Å². The third-order valence-corrected chi connectivity index (χ3v) is 14.4. The van der Waals surface area contributed by atoms with Gasteiger partial charge in [-0.25, -0.2) is 0 Å². The van der Waals surface area contributed by atoms with Crippen molar-refractivity contribution in [2.45, 2.75) is 68.4 Å². The fourth-order valence-corrected chi connectivity index (χ4v) is 11.5. The Kier molecular flexibility index (Phi) is 9.37. The van der Waals surface area contributed by atoms with Gasteiger partial charge in [-0.1, -0.05) is 20.8 Å². The molecular weight excluding hydrogens is 661 g/mol. The van der Waals surface area contributed by atoms with E-state index in [9.17, 15) is 14.7 Å². The van der Waals surface area contributed by atoms with Crippen LogP contribution in [0.3, 0.4) is 0 Å². The van der Waals surface area contributed by atoms with Crippen molar-refractivity contribution in [1.29, 1.82) is 0 Å². The van der Waals surface area contributed by atoms with E-state index in [2.05, 4.69) is 78.1 Å². The van der Waals surface area contributed by atoms with Crippen LogP contribution in [-0.4, -0.2) is 35.3 Å². The number of benzene rings is 2. The predicted octanol–water partition coefficient (Wildman–Crippen LogP) is 8.75. The van der Waals surface area contributed by atoms with Crippen molar-refractivity contribution >= 4 is 63.2 Å². The van der Waals surface area contributed by atoms with Crippen molar-refractivity contribution in [2.75, 3.05) is 0 Å². The zero-order valence-electron chi connectivity index (χ0n) is 23.6. The molecule has 41 heavy (non-hydrogen) atoms. The van der Waals surface area contributed by atoms with E-state index in [0.29, 0.717) is 16.8 Å². The van der Waals surface area contributed by atoms with E-state index in [1.807, 2.05) is 24.3 Å². The van der Waals surface area contributed by atoms with Gasteiger partial charge in [0.25, 0.3) is 0 Å². The monoisotopic (exact) mass is 695 g/mol. The van der Waals surface area contributed by atoms with E-state index in [0.717, 1.165) is 43.6 Å². The molecule has 2 atom stereocenters. The Morgan fingerprint density at radius 2 is 1.78 bits per heavy atom. The van der Waals surface area contributed by atoms with Crippen LogP contribution in [-0.2, 0) is 15.4 Å². The second-order valence-corrected chi connectivity index (χ2v) is 18.8. The van der Waals surface area contributed by atoms with E-state index in [1.165, 1.54) is 18.4 Å².